The summed E-state index contributed by atoms with van der Waals surface area (Å²) in [5, 5.41) is 6.75. The Kier molecular flexibility index (Phi) is 10.8. The first kappa shape index (κ1) is 32.9. The molecule has 3 aliphatic rings. The number of benzene rings is 1. The number of anilines is 2. The average molecular weight is 617 g/mol. The summed E-state index contributed by atoms with van der Waals surface area (Å²) in [5.41, 5.74) is 8.73. The summed E-state index contributed by atoms with van der Waals surface area (Å²) in [6.07, 6.45) is 12.5. The van der Waals surface area contributed by atoms with E-state index in [0.717, 1.165) is 75.8 Å². The number of carbonyl (C=O) groups is 3. The van der Waals surface area contributed by atoms with E-state index in [1.54, 1.807) is 18.3 Å². The van der Waals surface area contributed by atoms with Gasteiger partial charge in [0.05, 0.1) is 17.6 Å². The van der Waals surface area contributed by atoms with Crippen molar-refractivity contribution in [3.63, 3.8) is 0 Å². The number of ketones is 1. The SMILES string of the molecule is CCC(CC)Nc1cc(C(=O)NC2CCCCC3C(C2)N3c2ccc(C(=O)CCC3CCN(C)CC3)cn2)c(C)cc1C(N)=O. The van der Waals surface area contributed by atoms with Crippen LogP contribution in [0.1, 0.15) is 121 Å². The maximum atomic E-state index is 13.6. The largest absolute Gasteiger partial charge is 0.382 e. The fourth-order valence-corrected chi connectivity index (χ4v) is 7.35. The van der Waals surface area contributed by atoms with E-state index in [2.05, 4.69) is 41.3 Å². The molecule has 0 radical (unpaired) electrons. The van der Waals surface area contributed by atoms with Crippen LogP contribution in [-0.2, 0) is 0 Å². The summed E-state index contributed by atoms with van der Waals surface area (Å²) in [7, 11) is 2.16. The Labute approximate surface area is 268 Å². The van der Waals surface area contributed by atoms with Gasteiger partial charge in [-0.1, -0.05) is 26.7 Å². The molecule has 3 atom stereocenters. The van der Waals surface area contributed by atoms with Crippen molar-refractivity contribution in [3.05, 3.63) is 52.7 Å². The number of rotatable bonds is 12. The van der Waals surface area contributed by atoms with Crippen molar-refractivity contribution in [1.29, 1.82) is 0 Å². The number of primary amides is 1. The van der Waals surface area contributed by atoms with Gasteiger partial charge in [0.1, 0.15) is 5.82 Å². The molecule has 9 heteroatoms. The van der Waals surface area contributed by atoms with Gasteiger partial charge >= 0.3 is 0 Å². The second kappa shape index (κ2) is 14.8. The van der Waals surface area contributed by atoms with Crippen LogP contribution in [0.3, 0.4) is 0 Å². The highest BCUT2D eigenvalue weighted by atomic mass is 16.2. The van der Waals surface area contributed by atoms with E-state index < -0.39 is 5.91 Å². The maximum Gasteiger partial charge on any atom is 0.251 e. The number of likely N-dealkylation sites (tertiary alicyclic amines) is 1. The monoisotopic (exact) mass is 616 g/mol. The van der Waals surface area contributed by atoms with Crippen LogP contribution in [0.4, 0.5) is 11.5 Å². The third kappa shape index (κ3) is 8.04. The predicted molar refractivity (Wildman–Crippen MR) is 180 cm³/mol. The molecule has 1 aromatic heterocycles. The Morgan fingerprint density at radius 1 is 1.00 bits per heavy atom. The smallest absolute Gasteiger partial charge is 0.251 e. The standard InChI is InChI=1S/C36H52N6O3/c1-5-26(6-2)39-30-21-28(23(3)19-29(30)35(37)44)36(45)40-27-9-7-8-10-31-32(20-27)42(31)34-14-12-25(22-38-34)33(43)13-11-24-15-17-41(4)18-16-24/h12,14,19,21-22,24,26-27,31-32,39H,5-11,13,15-18,20H2,1-4H3,(H2,37,44)(H,40,45). The van der Waals surface area contributed by atoms with Crippen LogP contribution in [0.2, 0.25) is 0 Å². The van der Waals surface area contributed by atoms with Gasteiger partial charge in [0.2, 0.25) is 0 Å². The van der Waals surface area contributed by atoms with E-state index in [1.165, 1.54) is 12.8 Å². The number of aromatic nitrogens is 1. The topological polar surface area (TPSA) is 120 Å². The molecule has 2 aromatic rings. The Bertz CT molecular complexity index is 1350. The number of fused-ring (bicyclic) bond motifs is 1. The van der Waals surface area contributed by atoms with Crippen molar-refractivity contribution in [2.24, 2.45) is 11.7 Å². The molecule has 4 N–H and O–H groups in total. The molecule has 2 amide bonds. The Hall–Kier alpha value is -3.46. The first-order valence-electron chi connectivity index (χ1n) is 17.2. The molecule has 1 aliphatic carbocycles. The van der Waals surface area contributed by atoms with Gasteiger partial charge in [0.25, 0.3) is 11.8 Å². The molecule has 2 aliphatic heterocycles. The van der Waals surface area contributed by atoms with Crippen LogP contribution in [0.25, 0.3) is 0 Å². The molecule has 5 rings (SSSR count). The van der Waals surface area contributed by atoms with E-state index in [1.807, 2.05) is 19.1 Å². The first-order chi connectivity index (χ1) is 21.7. The molecule has 3 unspecified atom stereocenters. The number of nitrogens with one attached hydrogen (secondary N) is 2. The predicted octanol–water partition coefficient (Wildman–Crippen LogP) is 5.71. The number of pyridine rings is 1. The van der Waals surface area contributed by atoms with Crippen molar-refractivity contribution >= 4 is 29.1 Å². The van der Waals surface area contributed by atoms with Gasteiger partial charge in [0, 0.05) is 41.5 Å². The van der Waals surface area contributed by atoms with Gasteiger partial charge < -0.3 is 26.2 Å². The zero-order valence-electron chi connectivity index (χ0n) is 27.6. The number of amides is 2. The Morgan fingerprint density at radius 3 is 2.40 bits per heavy atom. The van der Waals surface area contributed by atoms with Crippen LogP contribution in [-0.4, -0.2) is 71.8 Å². The second-order valence-corrected chi connectivity index (χ2v) is 13.6. The Morgan fingerprint density at radius 2 is 1.73 bits per heavy atom. The second-order valence-electron chi connectivity index (χ2n) is 13.6. The minimum absolute atomic E-state index is 0.0429. The zero-order valence-corrected chi connectivity index (χ0v) is 27.6. The lowest BCUT2D eigenvalue weighted by molar-refractivity contribution is 0.0927. The highest BCUT2D eigenvalue weighted by Gasteiger charge is 2.49. The summed E-state index contributed by atoms with van der Waals surface area (Å²) >= 11 is 0. The molecule has 1 saturated carbocycles. The van der Waals surface area contributed by atoms with E-state index in [0.29, 0.717) is 46.8 Å². The molecule has 45 heavy (non-hydrogen) atoms. The molecule has 3 heterocycles. The molecule has 9 nitrogen and oxygen atoms in total. The number of hydrogen-bond donors (Lipinski definition) is 3. The Balaban J connectivity index is 1.20. The third-order valence-electron chi connectivity index (χ3n) is 10.4. The van der Waals surface area contributed by atoms with E-state index >= 15 is 0 Å². The molecule has 1 aromatic carbocycles. The zero-order chi connectivity index (χ0) is 32.1. The lowest BCUT2D eigenvalue weighted by Gasteiger charge is -2.28. The summed E-state index contributed by atoms with van der Waals surface area (Å²) in [6, 6.07) is 8.42. The molecule has 2 saturated heterocycles. The quantitative estimate of drug-likeness (QED) is 0.206. The number of nitrogens with two attached hydrogens (primary N) is 1. The van der Waals surface area contributed by atoms with Crippen molar-refractivity contribution < 1.29 is 14.4 Å². The van der Waals surface area contributed by atoms with E-state index in [4.69, 9.17) is 10.7 Å². The van der Waals surface area contributed by atoms with Gasteiger partial charge in [-0.05, 0) is 114 Å². The van der Waals surface area contributed by atoms with Crippen LogP contribution >= 0.6 is 0 Å². The molecular formula is C36H52N6O3. The molecule has 0 bridgehead atoms. The third-order valence-corrected chi connectivity index (χ3v) is 10.4. The lowest BCUT2D eigenvalue weighted by Crippen LogP contribution is -2.37. The van der Waals surface area contributed by atoms with E-state index in [-0.39, 0.29) is 23.8 Å². The van der Waals surface area contributed by atoms with Gasteiger partial charge in [-0.15, -0.1) is 0 Å². The minimum Gasteiger partial charge on any atom is -0.382 e. The number of piperidine rings is 1. The maximum absolute atomic E-state index is 13.6. The number of Topliss-reactive ketones (excluding diaryl/α,β-unsaturated/α-hetero) is 1. The highest BCUT2D eigenvalue weighted by Crippen LogP contribution is 2.42. The fourth-order valence-electron chi connectivity index (χ4n) is 7.35. The lowest BCUT2D eigenvalue weighted by atomic mass is 9.91. The van der Waals surface area contributed by atoms with Crippen molar-refractivity contribution in [2.75, 3.05) is 30.4 Å². The summed E-state index contributed by atoms with van der Waals surface area (Å²) < 4.78 is 0. The van der Waals surface area contributed by atoms with Crippen LogP contribution in [0.15, 0.2) is 30.5 Å². The fraction of sp³-hybridized carbons (Fsp3) is 0.611. The van der Waals surface area contributed by atoms with Crippen LogP contribution < -0.4 is 21.3 Å². The summed E-state index contributed by atoms with van der Waals surface area (Å²) in [4.78, 5) is 48.2. The van der Waals surface area contributed by atoms with Gasteiger partial charge in [-0.2, -0.15) is 0 Å². The van der Waals surface area contributed by atoms with Gasteiger partial charge in [-0.3, -0.25) is 14.4 Å². The molecule has 0 spiro atoms. The van der Waals surface area contributed by atoms with E-state index in [9.17, 15) is 14.4 Å². The molecular weight excluding hydrogens is 564 g/mol. The van der Waals surface area contributed by atoms with Crippen molar-refractivity contribution in [1.82, 2.24) is 15.2 Å². The number of hydrogen-bond acceptors (Lipinski definition) is 7. The summed E-state index contributed by atoms with van der Waals surface area (Å²) in [6.45, 7) is 8.29. The minimum atomic E-state index is -0.503. The highest BCUT2D eigenvalue weighted by molar-refractivity contribution is 6.03. The van der Waals surface area contributed by atoms with Crippen molar-refractivity contribution in [3.8, 4) is 0 Å². The number of aryl methyl sites for hydroxylation is 1. The average Bonchev–Trinajstić information content (AvgIpc) is 3.70. The number of carbonyl (C=O) groups excluding carboxylic acids is 3. The molecule has 3 fully saturated rings. The number of nitrogens with zero attached hydrogens (tertiary/aromatic N) is 3. The van der Waals surface area contributed by atoms with Crippen LogP contribution in [0, 0.1) is 12.8 Å². The van der Waals surface area contributed by atoms with Crippen molar-refractivity contribution in [2.45, 2.75) is 116 Å². The van der Waals surface area contributed by atoms with Gasteiger partial charge in [-0.25, -0.2) is 4.98 Å². The summed E-state index contributed by atoms with van der Waals surface area (Å²) in [5.74, 6) is 1.12. The van der Waals surface area contributed by atoms with Gasteiger partial charge in [0.15, 0.2) is 5.78 Å². The first-order valence-corrected chi connectivity index (χ1v) is 17.2. The van der Waals surface area contributed by atoms with Crippen LogP contribution in [0.5, 0.6) is 0 Å². The normalized spacial score (nSPS) is 22.3. The molecule has 244 valence electrons.